The molecule has 1 N–H and O–H groups in total. The van der Waals surface area contributed by atoms with Crippen LogP contribution in [-0.2, 0) is 16.0 Å². The number of aliphatic hydroxyl groups is 1. The maximum atomic E-state index is 12.3. The van der Waals surface area contributed by atoms with Gasteiger partial charge in [0.05, 0.1) is 30.7 Å². The van der Waals surface area contributed by atoms with E-state index >= 15 is 0 Å². The van der Waals surface area contributed by atoms with E-state index in [4.69, 9.17) is 4.74 Å². The lowest BCUT2D eigenvalue weighted by atomic mass is 9.95. The number of carbonyl (C=O) groups excluding carboxylic acids is 2. The number of carbonyl (C=O) groups is 2. The molecule has 186 valence electrons. The third-order valence-corrected chi connectivity index (χ3v) is 7.39. The van der Waals surface area contributed by atoms with Gasteiger partial charge in [0.25, 0.3) is 0 Å². The number of ether oxygens (including phenoxy) is 1. The Labute approximate surface area is 212 Å². The molecule has 0 aliphatic carbocycles. The van der Waals surface area contributed by atoms with Gasteiger partial charge in [-0.05, 0) is 49.3 Å². The Balaban J connectivity index is 1.42. The average Bonchev–Trinajstić information content (AvgIpc) is 3.49. The SMILES string of the molecule is COC(=O)c1ccc(C#CCN2C(=O)CC[C@@H]2C=C[C@H](O)[C@@H](C)CCCCCc2ccccc2)s1. The first kappa shape index (κ1) is 26.7. The van der Waals surface area contributed by atoms with Gasteiger partial charge in [-0.1, -0.05) is 74.1 Å². The van der Waals surface area contributed by atoms with Crippen LogP contribution in [0.25, 0.3) is 0 Å². The van der Waals surface area contributed by atoms with Crippen LogP contribution in [0.4, 0.5) is 0 Å². The van der Waals surface area contributed by atoms with Crippen molar-refractivity contribution in [1.82, 2.24) is 4.90 Å². The predicted octanol–water partition coefficient (Wildman–Crippen LogP) is 5.23. The van der Waals surface area contributed by atoms with Crippen LogP contribution in [0, 0.1) is 17.8 Å². The highest BCUT2D eigenvalue weighted by molar-refractivity contribution is 7.14. The number of rotatable bonds is 11. The van der Waals surface area contributed by atoms with Gasteiger partial charge in [-0.25, -0.2) is 4.79 Å². The van der Waals surface area contributed by atoms with E-state index in [9.17, 15) is 14.7 Å². The van der Waals surface area contributed by atoms with Gasteiger partial charge in [-0.2, -0.15) is 0 Å². The number of aryl methyl sites for hydroxylation is 1. The second-order valence-corrected chi connectivity index (χ2v) is 10.1. The smallest absolute Gasteiger partial charge is 0.348 e. The summed E-state index contributed by atoms with van der Waals surface area (Å²) in [6.07, 6.45) is 10.0. The second kappa shape index (κ2) is 13.9. The van der Waals surface area contributed by atoms with Gasteiger partial charge < -0.3 is 14.7 Å². The number of hydrogen-bond acceptors (Lipinski definition) is 5. The summed E-state index contributed by atoms with van der Waals surface area (Å²) in [4.78, 5) is 26.9. The standard InChI is InChI=1S/C29H35NO4S/c1-22(10-5-3-6-11-23-12-7-4-8-13-23)26(31)18-15-24-16-20-28(32)30(24)21-9-14-25-17-19-27(35-25)29(33)34-2/h4,7-8,12-13,15,17-19,22,24,26,31H,3,5-6,10-11,16,20-21H2,1-2H3/t22-,24-,26-/m0/s1. The summed E-state index contributed by atoms with van der Waals surface area (Å²) in [5.41, 5.74) is 1.38. The molecule has 2 aromatic rings. The molecule has 0 unspecified atom stereocenters. The molecule has 0 spiro atoms. The lowest BCUT2D eigenvalue weighted by molar-refractivity contribution is -0.127. The molecule has 3 rings (SSSR count). The van der Waals surface area contributed by atoms with Crippen molar-refractivity contribution in [2.45, 2.75) is 64.0 Å². The van der Waals surface area contributed by atoms with Crippen LogP contribution in [0.1, 0.15) is 65.6 Å². The first-order valence-electron chi connectivity index (χ1n) is 12.3. The zero-order chi connectivity index (χ0) is 25.0. The Hall–Kier alpha value is -2.88. The largest absolute Gasteiger partial charge is 0.465 e. The number of likely N-dealkylation sites (tertiary alicyclic amines) is 1. The van der Waals surface area contributed by atoms with E-state index in [1.54, 1.807) is 17.0 Å². The molecule has 2 heterocycles. The summed E-state index contributed by atoms with van der Waals surface area (Å²) < 4.78 is 4.72. The van der Waals surface area contributed by atoms with Crippen molar-refractivity contribution in [2.24, 2.45) is 5.92 Å². The Bertz CT molecular complexity index is 1050. The molecule has 1 amide bonds. The van der Waals surface area contributed by atoms with Crippen LogP contribution >= 0.6 is 11.3 Å². The molecular formula is C29H35NO4S. The lowest BCUT2D eigenvalue weighted by Crippen LogP contribution is -2.32. The van der Waals surface area contributed by atoms with Crippen molar-refractivity contribution in [3.05, 3.63) is 69.9 Å². The highest BCUT2D eigenvalue weighted by Crippen LogP contribution is 2.22. The summed E-state index contributed by atoms with van der Waals surface area (Å²) in [6, 6.07) is 14.0. The van der Waals surface area contributed by atoms with Gasteiger partial charge in [0, 0.05) is 6.42 Å². The Kier molecular flexibility index (Phi) is 10.6. The zero-order valence-corrected chi connectivity index (χ0v) is 21.4. The molecule has 1 aliphatic heterocycles. The highest BCUT2D eigenvalue weighted by Gasteiger charge is 2.28. The monoisotopic (exact) mass is 493 g/mol. The number of esters is 1. The van der Waals surface area contributed by atoms with Gasteiger partial charge in [0.15, 0.2) is 0 Å². The molecule has 6 heteroatoms. The minimum atomic E-state index is -0.518. The quantitative estimate of drug-likeness (QED) is 0.201. The van der Waals surface area contributed by atoms with E-state index in [0.29, 0.717) is 17.8 Å². The van der Waals surface area contributed by atoms with Gasteiger partial charge in [-0.15, -0.1) is 11.3 Å². The lowest BCUT2D eigenvalue weighted by Gasteiger charge is -2.21. The van der Waals surface area contributed by atoms with Gasteiger partial charge >= 0.3 is 5.97 Å². The van der Waals surface area contributed by atoms with Crippen LogP contribution in [-0.4, -0.2) is 47.7 Å². The van der Waals surface area contributed by atoms with E-state index in [1.165, 1.54) is 30.4 Å². The van der Waals surface area contributed by atoms with Crippen LogP contribution in [0.2, 0.25) is 0 Å². The molecule has 1 aromatic heterocycles. The minimum Gasteiger partial charge on any atom is -0.465 e. The number of amides is 1. The number of hydrogen-bond donors (Lipinski definition) is 1. The molecule has 1 aliphatic rings. The minimum absolute atomic E-state index is 0.0431. The van der Waals surface area contributed by atoms with Crippen LogP contribution < -0.4 is 0 Å². The van der Waals surface area contributed by atoms with Crippen molar-refractivity contribution in [2.75, 3.05) is 13.7 Å². The maximum absolute atomic E-state index is 12.3. The summed E-state index contributed by atoms with van der Waals surface area (Å²) in [5, 5.41) is 10.6. The summed E-state index contributed by atoms with van der Waals surface area (Å²) in [6.45, 7) is 2.41. The molecule has 1 aromatic carbocycles. The second-order valence-electron chi connectivity index (χ2n) is 9.02. The summed E-state index contributed by atoms with van der Waals surface area (Å²) in [7, 11) is 1.35. The van der Waals surface area contributed by atoms with E-state index in [2.05, 4.69) is 43.0 Å². The average molecular weight is 494 g/mol. The Morgan fingerprint density at radius 2 is 2.03 bits per heavy atom. The van der Waals surface area contributed by atoms with Crippen molar-refractivity contribution in [3.8, 4) is 11.8 Å². The van der Waals surface area contributed by atoms with Crippen molar-refractivity contribution in [3.63, 3.8) is 0 Å². The van der Waals surface area contributed by atoms with Crippen molar-refractivity contribution in [1.29, 1.82) is 0 Å². The van der Waals surface area contributed by atoms with E-state index < -0.39 is 6.10 Å². The number of thiophene rings is 1. The molecular weight excluding hydrogens is 458 g/mol. The third-order valence-electron chi connectivity index (χ3n) is 6.41. The van der Waals surface area contributed by atoms with Gasteiger partial charge in [0.2, 0.25) is 5.91 Å². The predicted molar refractivity (Wildman–Crippen MR) is 140 cm³/mol. The fourth-order valence-electron chi connectivity index (χ4n) is 4.21. The molecule has 0 radical (unpaired) electrons. The van der Waals surface area contributed by atoms with Crippen LogP contribution in [0.3, 0.4) is 0 Å². The van der Waals surface area contributed by atoms with Gasteiger partial charge in [-0.3, -0.25) is 4.79 Å². The fourth-order valence-corrected chi connectivity index (χ4v) is 5.01. The molecule has 5 nitrogen and oxygen atoms in total. The maximum Gasteiger partial charge on any atom is 0.348 e. The third kappa shape index (κ3) is 8.38. The first-order chi connectivity index (χ1) is 17.0. The van der Waals surface area contributed by atoms with E-state index in [-0.39, 0.29) is 23.8 Å². The summed E-state index contributed by atoms with van der Waals surface area (Å²) >= 11 is 1.28. The van der Waals surface area contributed by atoms with E-state index in [0.717, 1.165) is 37.0 Å². The molecule has 0 saturated carbocycles. The summed E-state index contributed by atoms with van der Waals surface area (Å²) in [5.74, 6) is 5.97. The number of unbranched alkanes of at least 4 members (excludes halogenated alkanes) is 2. The number of benzene rings is 1. The van der Waals surface area contributed by atoms with Crippen LogP contribution in [0.15, 0.2) is 54.6 Å². The van der Waals surface area contributed by atoms with E-state index in [1.807, 2.05) is 18.2 Å². The molecule has 1 saturated heterocycles. The number of methoxy groups -OCH3 is 1. The Morgan fingerprint density at radius 1 is 1.23 bits per heavy atom. The van der Waals surface area contributed by atoms with Crippen molar-refractivity contribution >= 4 is 23.2 Å². The molecule has 0 bridgehead atoms. The topological polar surface area (TPSA) is 66.8 Å². The van der Waals surface area contributed by atoms with Gasteiger partial charge in [0.1, 0.15) is 4.88 Å². The highest BCUT2D eigenvalue weighted by atomic mass is 32.1. The fraction of sp³-hybridized carbons (Fsp3) is 0.448. The number of aliphatic hydroxyl groups excluding tert-OH is 1. The van der Waals surface area contributed by atoms with Crippen molar-refractivity contribution < 1.29 is 19.4 Å². The first-order valence-corrected chi connectivity index (χ1v) is 13.2. The molecule has 1 fully saturated rings. The normalized spacial score (nSPS) is 17.3. The Morgan fingerprint density at radius 3 is 2.80 bits per heavy atom. The zero-order valence-electron chi connectivity index (χ0n) is 20.6. The molecule has 3 atom stereocenters. The molecule has 35 heavy (non-hydrogen) atoms. The number of nitrogens with zero attached hydrogens (tertiary/aromatic N) is 1. The van der Waals surface area contributed by atoms with Crippen LogP contribution in [0.5, 0.6) is 0 Å².